The fraction of sp³-hybridized carbons (Fsp3) is 0.250. The van der Waals surface area contributed by atoms with E-state index >= 15 is 0 Å². The summed E-state index contributed by atoms with van der Waals surface area (Å²) >= 11 is 3.38. The van der Waals surface area contributed by atoms with Crippen LogP contribution in [0.3, 0.4) is 0 Å². The molecule has 0 saturated heterocycles. The van der Waals surface area contributed by atoms with Crippen molar-refractivity contribution in [2.24, 2.45) is 0 Å². The molecule has 2 aromatic carbocycles. The number of hydrogen-bond donors (Lipinski definition) is 1. The highest BCUT2D eigenvalue weighted by molar-refractivity contribution is 9.10. The lowest BCUT2D eigenvalue weighted by molar-refractivity contribution is 0.626. The van der Waals surface area contributed by atoms with Crippen LogP contribution in [0.25, 0.3) is 0 Å². The van der Waals surface area contributed by atoms with Gasteiger partial charge in [0.1, 0.15) is 5.82 Å². The molecule has 0 fully saturated rings. The molecule has 0 aromatic heterocycles. The zero-order valence-electron chi connectivity index (χ0n) is 11.9. The molecule has 0 radical (unpaired) electrons. The van der Waals surface area contributed by atoms with Crippen LogP contribution in [0.5, 0.6) is 0 Å². The zero-order chi connectivity index (χ0) is 14.7. The summed E-state index contributed by atoms with van der Waals surface area (Å²) in [7, 11) is 4.05. The molecule has 106 valence electrons. The summed E-state index contributed by atoms with van der Waals surface area (Å²) in [5.74, 6) is -0.229. The molecule has 0 bridgehead atoms. The third-order valence-corrected chi connectivity index (χ3v) is 3.95. The normalized spacial score (nSPS) is 10.4. The van der Waals surface area contributed by atoms with E-state index in [1.165, 1.54) is 23.4 Å². The van der Waals surface area contributed by atoms with Crippen LogP contribution in [0.4, 0.5) is 15.8 Å². The standard InChI is InChI=1S/C16H18BrFN2/c1-11-8-14(20(2)3)6-7-16(11)19-10-12-4-5-13(18)9-15(12)17/h4-9,19H,10H2,1-3H3. The van der Waals surface area contributed by atoms with Crippen LogP contribution in [0.15, 0.2) is 40.9 Å². The van der Waals surface area contributed by atoms with Crippen LogP contribution >= 0.6 is 15.9 Å². The first-order valence-electron chi connectivity index (χ1n) is 6.43. The molecule has 20 heavy (non-hydrogen) atoms. The number of nitrogens with zero attached hydrogens (tertiary/aromatic N) is 1. The van der Waals surface area contributed by atoms with Crippen molar-refractivity contribution in [2.45, 2.75) is 13.5 Å². The van der Waals surface area contributed by atoms with Crippen LogP contribution in [-0.2, 0) is 6.54 Å². The Morgan fingerprint density at radius 3 is 2.50 bits per heavy atom. The van der Waals surface area contributed by atoms with Crippen molar-refractivity contribution in [2.75, 3.05) is 24.3 Å². The van der Waals surface area contributed by atoms with Crippen molar-refractivity contribution in [3.63, 3.8) is 0 Å². The highest BCUT2D eigenvalue weighted by atomic mass is 79.9. The van der Waals surface area contributed by atoms with Gasteiger partial charge in [-0.25, -0.2) is 4.39 Å². The average Bonchev–Trinajstić information content (AvgIpc) is 2.38. The van der Waals surface area contributed by atoms with Crippen molar-refractivity contribution in [1.82, 2.24) is 0 Å². The van der Waals surface area contributed by atoms with E-state index in [1.54, 1.807) is 6.07 Å². The maximum atomic E-state index is 13.0. The molecule has 0 heterocycles. The quantitative estimate of drug-likeness (QED) is 0.879. The summed E-state index contributed by atoms with van der Waals surface area (Å²) in [5, 5.41) is 3.38. The summed E-state index contributed by atoms with van der Waals surface area (Å²) in [5.41, 5.74) is 4.49. The lowest BCUT2D eigenvalue weighted by Crippen LogP contribution is -2.09. The smallest absolute Gasteiger partial charge is 0.124 e. The van der Waals surface area contributed by atoms with Gasteiger partial charge in [-0.15, -0.1) is 0 Å². The number of rotatable bonds is 4. The minimum atomic E-state index is -0.229. The number of halogens is 2. The van der Waals surface area contributed by atoms with E-state index in [0.717, 1.165) is 15.7 Å². The van der Waals surface area contributed by atoms with E-state index in [1.807, 2.05) is 14.1 Å². The summed E-state index contributed by atoms with van der Waals surface area (Å²) in [6.07, 6.45) is 0. The largest absolute Gasteiger partial charge is 0.381 e. The molecule has 0 saturated carbocycles. The third kappa shape index (κ3) is 3.51. The van der Waals surface area contributed by atoms with Gasteiger partial charge in [-0.2, -0.15) is 0 Å². The Hall–Kier alpha value is -1.55. The van der Waals surface area contributed by atoms with E-state index in [9.17, 15) is 4.39 Å². The zero-order valence-corrected chi connectivity index (χ0v) is 13.5. The Morgan fingerprint density at radius 1 is 1.15 bits per heavy atom. The maximum absolute atomic E-state index is 13.0. The van der Waals surface area contributed by atoms with Crippen molar-refractivity contribution >= 4 is 27.3 Å². The maximum Gasteiger partial charge on any atom is 0.124 e. The van der Waals surface area contributed by atoms with Gasteiger partial charge in [0.05, 0.1) is 0 Å². The molecule has 0 spiro atoms. The first kappa shape index (κ1) is 14.9. The van der Waals surface area contributed by atoms with E-state index in [-0.39, 0.29) is 5.82 Å². The van der Waals surface area contributed by atoms with Crippen molar-refractivity contribution in [3.8, 4) is 0 Å². The Labute approximate surface area is 127 Å². The van der Waals surface area contributed by atoms with Gasteiger partial charge in [0.15, 0.2) is 0 Å². The second-order valence-corrected chi connectivity index (χ2v) is 5.84. The first-order valence-corrected chi connectivity index (χ1v) is 7.22. The Morgan fingerprint density at radius 2 is 1.90 bits per heavy atom. The van der Waals surface area contributed by atoms with Crippen molar-refractivity contribution in [3.05, 3.63) is 57.8 Å². The van der Waals surface area contributed by atoms with Gasteiger partial charge in [-0.1, -0.05) is 22.0 Å². The highest BCUT2D eigenvalue weighted by Gasteiger charge is 2.04. The number of hydrogen-bond acceptors (Lipinski definition) is 2. The average molecular weight is 337 g/mol. The number of anilines is 2. The fourth-order valence-corrected chi connectivity index (χ4v) is 2.47. The molecular weight excluding hydrogens is 319 g/mol. The Kier molecular flexibility index (Phi) is 4.65. The van der Waals surface area contributed by atoms with Crippen LogP contribution < -0.4 is 10.2 Å². The van der Waals surface area contributed by atoms with Gasteiger partial charge in [-0.3, -0.25) is 0 Å². The van der Waals surface area contributed by atoms with Crippen LogP contribution in [-0.4, -0.2) is 14.1 Å². The van der Waals surface area contributed by atoms with E-state index in [2.05, 4.69) is 51.3 Å². The Balaban J connectivity index is 2.11. The number of benzene rings is 2. The second-order valence-electron chi connectivity index (χ2n) is 4.98. The molecular formula is C16H18BrFN2. The van der Waals surface area contributed by atoms with E-state index in [0.29, 0.717) is 6.54 Å². The summed E-state index contributed by atoms with van der Waals surface area (Å²) in [4.78, 5) is 2.08. The molecule has 4 heteroatoms. The molecule has 2 nitrogen and oxygen atoms in total. The molecule has 0 aliphatic carbocycles. The minimum absolute atomic E-state index is 0.229. The molecule has 0 atom stereocenters. The van der Waals surface area contributed by atoms with Crippen molar-refractivity contribution < 1.29 is 4.39 Å². The topological polar surface area (TPSA) is 15.3 Å². The summed E-state index contributed by atoms with van der Waals surface area (Å²) < 4.78 is 13.8. The van der Waals surface area contributed by atoms with Crippen LogP contribution in [0, 0.1) is 12.7 Å². The molecule has 0 unspecified atom stereocenters. The van der Waals surface area contributed by atoms with Crippen LogP contribution in [0.2, 0.25) is 0 Å². The SMILES string of the molecule is Cc1cc(N(C)C)ccc1NCc1ccc(F)cc1Br. The first-order chi connectivity index (χ1) is 9.47. The van der Waals surface area contributed by atoms with Gasteiger partial charge in [0.2, 0.25) is 0 Å². The van der Waals surface area contributed by atoms with Gasteiger partial charge in [-0.05, 0) is 48.4 Å². The summed E-state index contributed by atoms with van der Waals surface area (Å²) in [6.45, 7) is 2.73. The fourth-order valence-electron chi connectivity index (χ4n) is 1.98. The predicted octanol–water partition coefficient (Wildman–Crippen LogP) is 4.57. The monoisotopic (exact) mass is 336 g/mol. The molecule has 0 aliphatic rings. The molecule has 1 N–H and O–H groups in total. The van der Waals surface area contributed by atoms with Crippen LogP contribution in [0.1, 0.15) is 11.1 Å². The second kappa shape index (κ2) is 6.27. The van der Waals surface area contributed by atoms with E-state index in [4.69, 9.17) is 0 Å². The lowest BCUT2D eigenvalue weighted by atomic mass is 10.1. The third-order valence-electron chi connectivity index (χ3n) is 3.21. The highest BCUT2D eigenvalue weighted by Crippen LogP contribution is 2.23. The van der Waals surface area contributed by atoms with E-state index < -0.39 is 0 Å². The lowest BCUT2D eigenvalue weighted by Gasteiger charge is -2.16. The number of aryl methyl sites for hydroxylation is 1. The van der Waals surface area contributed by atoms with Gasteiger partial charge >= 0.3 is 0 Å². The van der Waals surface area contributed by atoms with Gasteiger partial charge in [0.25, 0.3) is 0 Å². The molecule has 2 aromatic rings. The predicted molar refractivity (Wildman–Crippen MR) is 86.9 cm³/mol. The van der Waals surface area contributed by atoms with Crippen molar-refractivity contribution in [1.29, 1.82) is 0 Å². The molecule has 2 rings (SSSR count). The molecule has 0 aliphatic heterocycles. The van der Waals surface area contributed by atoms with Gasteiger partial charge in [0, 0.05) is 36.5 Å². The number of nitrogens with one attached hydrogen (secondary N) is 1. The minimum Gasteiger partial charge on any atom is -0.381 e. The summed E-state index contributed by atoms with van der Waals surface area (Å²) in [6, 6.07) is 11.0. The Bertz CT molecular complexity index is 611. The molecule has 0 amide bonds. The van der Waals surface area contributed by atoms with Gasteiger partial charge < -0.3 is 10.2 Å².